The van der Waals surface area contributed by atoms with E-state index in [1.807, 2.05) is 42.1 Å². The molecule has 1 aromatic carbocycles. The second-order valence-electron chi connectivity index (χ2n) is 3.29. The standard InChI is InChI=1S/C11H9Br2NO/c1-14-4-2-3-10(14)8-5-7(12)6-9(13)11(8)15/h2-6,15H,1H3. The molecule has 0 radical (unpaired) electrons. The highest BCUT2D eigenvalue weighted by atomic mass is 79.9. The van der Waals surface area contributed by atoms with E-state index in [9.17, 15) is 5.11 Å². The lowest BCUT2D eigenvalue weighted by Gasteiger charge is -2.08. The zero-order chi connectivity index (χ0) is 11.0. The van der Waals surface area contributed by atoms with Gasteiger partial charge in [-0.1, -0.05) is 15.9 Å². The zero-order valence-electron chi connectivity index (χ0n) is 8.04. The van der Waals surface area contributed by atoms with E-state index in [0.29, 0.717) is 4.47 Å². The summed E-state index contributed by atoms with van der Waals surface area (Å²) in [6, 6.07) is 7.63. The smallest absolute Gasteiger partial charge is 0.139 e. The van der Waals surface area contributed by atoms with E-state index in [1.54, 1.807) is 0 Å². The summed E-state index contributed by atoms with van der Waals surface area (Å²) >= 11 is 6.72. The number of aromatic nitrogens is 1. The molecule has 0 aliphatic heterocycles. The van der Waals surface area contributed by atoms with Gasteiger partial charge < -0.3 is 9.67 Å². The molecule has 0 aliphatic carbocycles. The molecule has 0 unspecified atom stereocenters. The Morgan fingerprint density at radius 2 is 2.00 bits per heavy atom. The van der Waals surface area contributed by atoms with Gasteiger partial charge in [0.2, 0.25) is 0 Å². The first-order chi connectivity index (χ1) is 7.09. The van der Waals surface area contributed by atoms with Crippen molar-refractivity contribution < 1.29 is 5.11 Å². The number of benzene rings is 1. The van der Waals surface area contributed by atoms with Gasteiger partial charge in [-0.05, 0) is 40.2 Å². The lowest BCUT2D eigenvalue weighted by molar-refractivity contribution is 0.473. The van der Waals surface area contributed by atoms with Gasteiger partial charge in [-0.3, -0.25) is 0 Å². The van der Waals surface area contributed by atoms with Crippen LogP contribution >= 0.6 is 31.9 Å². The molecule has 2 rings (SSSR count). The van der Waals surface area contributed by atoms with Crippen molar-refractivity contribution >= 4 is 31.9 Å². The first kappa shape index (κ1) is 10.8. The third kappa shape index (κ3) is 1.96. The van der Waals surface area contributed by atoms with Crippen LogP contribution in [0.5, 0.6) is 5.75 Å². The van der Waals surface area contributed by atoms with E-state index in [4.69, 9.17) is 0 Å². The monoisotopic (exact) mass is 329 g/mol. The molecule has 0 amide bonds. The van der Waals surface area contributed by atoms with E-state index < -0.39 is 0 Å². The fraction of sp³-hybridized carbons (Fsp3) is 0.0909. The first-order valence-electron chi connectivity index (χ1n) is 4.39. The van der Waals surface area contributed by atoms with Gasteiger partial charge in [0.1, 0.15) is 5.75 Å². The van der Waals surface area contributed by atoms with E-state index in [1.165, 1.54) is 0 Å². The molecule has 1 heterocycles. The summed E-state index contributed by atoms with van der Waals surface area (Å²) in [6.45, 7) is 0. The number of aromatic hydroxyl groups is 1. The average molecular weight is 331 g/mol. The summed E-state index contributed by atoms with van der Waals surface area (Å²) in [4.78, 5) is 0. The number of nitrogens with zero attached hydrogens (tertiary/aromatic N) is 1. The summed E-state index contributed by atoms with van der Waals surface area (Å²) in [5, 5.41) is 9.94. The van der Waals surface area contributed by atoms with Gasteiger partial charge in [-0.15, -0.1) is 0 Å². The van der Waals surface area contributed by atoms with E-state index in [-0.39, 0.29) is 5.75 Å². The molecular weight excluding hydrogens is 322 g/mol. The first-order valence-corrected chi connectivity index (χ1v) is 5.98. The Kier molecular flexibility index (Phi) is 2.89. The molecule has 1 aromatic heterocycles. The number of hydrogen-bond donors (Lipinski definition) is 1. The highest BCUT2D eigenvalue weighted by molar-refractivity contribution is 9.11. The highest BCUT2D eigenvalue weighted by Gasteiger charge is 2.11. The fourth-order valence-electron chi connectivity index (χ4n) is 1.50. The fourth-order valence-corrected chi connectivity index (χ4v) is 2.73. The molecule has 0 saturated heterocycles. The Bertz CT molecular complexity index is 505. The molecule has 0 aliphatic rings. The van der Waals surface area contributed by atoms with Crippen molar-refractivity contribution in [2.75, 3.05) is 0 Å². The van der Waals surface area contributed by atoms with Crippen molar-refractivity contribution in [2.45, 2.75) is 0 Å². The van der Waals surface area contributed by atoms with Gasteiger partial charge >= 0.3 is 0 Å². The number of phenolic OH excluding ortho intramolecular Hbond substituents is 1. The van der Waals surface area contributed by atoms with Crippen molar-refractivity contribution in [3.63, 3.8) is 0 Å². The summed E-state index contributed by atoms with van der Waals surface area (Å²) < 4.78 is 3.59. The van der Waals surface area contributed by atoms with Gasteiger partial charge in [0.25, 0.3) is 0 Å². The highest BCUT2D eigenvalue weighted by Crippen LogP contribution is 2.37. The molecule has 4 heteroatoms. The topological polar surface area (TPSA) is 25.2 Å². The maximum Gasteiger partial charge on any atom is 0.139 e. The van der Waals surface area contributed by atoms with Gasteiger partial charge in [0.15, 0.2) is 0 Å². The number of aryl methyl sites for hydroxylation is 1. The number of rotatable bonds is 1. The molecule has 0 bridgehead atoms. The van der Waals surface area contributed by atoms with E-state index >= 15 is 0 Å². The second-order valence-corrected chi connectivity index (χ2v) is 5.06. The van der Waals surface area contributed by atoms with Gasteiger partial charge in [0, 0.05) is 23.3 Å². The lowest BCUT2D eigenvalue weighted by Crippen LogP contribution is -1.90. The van der Waals surface area contributed by atoms with Crippen molar-refractivity contribution in [1.82, 2.24) is 4.57 Å². The van der Waals surface area contributed by atoms with Crippen LogP contribution in [0.25, 0.3) is 11.3 Å². The predicted octanol–water partition coefficient (Wildman–Crippen LogP) is 3.92. The van der Waals surface area contributed by atoms with Crippen LogP contribution in [0.15, 0.2) is 39.4 Å². The normalized spacial score (nSPS) is 10.6. The van der Waals surface area contributed by atoms with Crippen LogP contribution in [0, 0.1) is 0 Å². The van der Waals surface area contributed by atoms with Crippen molar-refractivity contribution in [3.8, 4) is 17.0 Å². The van der Waals surface area contributed by atoms with Crippen LogP contribution in [0.2, 0.25) is 0 Å². The Hall–Kier alpha value is -0.740. The third-order valence-corrected chi connectivity index (χ3v) is 3.31. The average Bonchev–Trinajstić information content (AvgIpc) is 2.58. The molecule has 0 spiro atoms. The van der Waals surface area contributed by atoms with E-state index in [0.717, 1.165) is 15.7 Å². The van der Waals surface area contributed by atoms with Crippen LogP contribution in [0.3, 0.4) is 0 Å². The third-order valence-electron chi connectivity index (χ3n) is 2.25. The van der Waals surface area contributed by atoms with Crippen LogP contribution < -0.4 is 0 Å². The van der Waals surface area contributed by atoms with Crippen LogP contribution in [-0.2, 0) is 7.05 Å². The summed E-state index contributed by atoms with van der Waals surface area (Å²) in [6.07, 6.45) is 1.95. The molecule has 78 valence electrons. The number of halogens is 2. The molecule has 2 aromatic rings. The van der Waals surface area contributed by atoms with Crippen molar-refractivity contribution in [2.24, 2.45) is 7.05 Å². The largest absolute Gasteiger partial charge is 0.506 e. The quantitative estimate of drug-likeness (QED) is 0.842. The van der Waals surface area contributed by atoms with Crippen LogP contribution in [0.1, 0.15) is 0 Å². The predicted molar refractivity (Wildman–Crippen MR) is 67.9 cm³/mol. The Balaban J connectivity index is 2.68. The maximum absolute atomic E-state index is 9.94. The van der Waals surface area contributed by atoms with E-state index in [2.05, 4.69) is 31.9 Å². The summed E-state index contributed by atoms with van der Waals surface area (Å²) in [5.41, 5.74) is 1.79. The minimum Gasteiger partial charge on any atom is -0.506 e. The summed E-state index contributed by atoms with van der Waals surface area (Å²) in [5.74, 6) is 0.264. The van der Waals surface area contributed by atoms with Crippen molar-refractivity contribution in [1.29, 1.82) is 0 Å². The maximum atomic E-state index is 9.94. The van der Waals surface area contributed by atoms with Crippen molar-refractivity contribution in [3.05, 3.63) is 39.4 Å². The Morgan fingerprint density at radius 1 is 1.27 bits per heavy atom. The van der Waals surface area contributed by atoms with Gasteiger partial charge in [-0.2, -0.15) is 0 Å². The molecule has 1 N–H and O–H groups in total. The molecular formula is C11H9Br2NO. The Morgan fingerprint density at radius 3 is 2.60 bits per heavy atom. The minimum absolute atomic E-state index is 0.264. The molecule has 0 fully saturated rings. The molecule has 0 atom stereocenters. The number of phenols is 1. The van der Waals surface area contributed by atoms with Gasteiger partial charge in [0.05, 0.1) is 10.2 Å². The molecule has 0 saturated carbocycles. The Labute approximate surface area is 105 Å². The molecule has 15 heavy (non-hydrogen) atoms. The second kappa shape index (κ2) is 4.02. The lowest BCUT2D eigenvalue weighted by atomic mass is 10.1. The zero-order valence-corrected chi connectivity index (χ0v) is 11.2. The summed E-state index contributed by atoms with van der Waals surface area (Å²) in [7, 11) is 1.95. The van der Waals surface area contributed by atoms with Crippen LogP contribution in [-0.4, -0.2) is 9.67 Å². The van der Waals surface area contributed by atoms with Gasteiger partial charge in [-0.25, -0.2) is 0 Å². The SMILES string of the molecule is Cn1cccc1-c1cc(Br)cc(Br)c1O. The number of hydrogen-bond acceptors (Lipinski definition) is 1. The van der Waals surface area contributed by atoms with Crippen LogP contribution in [0.4, 0.5) is 0 Å². The minimum atomic E-state index is 0.264. The molecule has 2 nitrogen and oxygen atoms in total.